The van der Waals surface area contributed by atoms with E-state index in [9.17, 15) is 5.11 Å². The van der Waals surface area contributed by atoms with Crippen molar-refractivity contribution in [1.29, 1.82) is 0 Å². The number of benzene rings is 1. The lowest BCUT2D eigenvalue weighted by atomic mass is 9.95. The summed E-state index contributed by atoms with van der Waals surface area (Å²) in [5, 5.41) is 10.2. The summed E-state index contributed by atoms with van der Waals surface area (Å²) in [7, 11) is 0. The van der Waals surface area contributed by atoms with Gasteiger partial charge in [0.05, 0.1) is 12.7 Å². The van der Waals surface area contributed by atoms with Crippen LogP contribution in [0.5, 0.6) is 5.75 Å². The summed E-state index contributed by atoms with van der Waals surface area (Å²) in [4.78, 5) is 0. The molecule has 1 N–H and O–H groups in total. The first-order chi connectivity index (χ1) is 7.72. The van der Waals surface area contributed by atoms with E-state index in [1.165, 1.54) is 5.56 Å². The molecule has 2 heteroatoms. The standard InChI is InChI=1S/C14H20O2/c1-3-10(2)9-13(15)12-6-4-5-11-7-8-16-14(11)12/h4-6,10,13,15H,3,7-9H2,1-2H3. The van der Waals surface area contributed by atoms with Crippen LogP contribution in [0.1, 0.15) is 43.9 Å². The van der Waals surface area contributed by atoms with Crippen molar-refractivity contribution >= 4 is 0 Å². The summed E-state index contributed by atoms with van der Waals surface area (Å²) in [6.07, 6.45) is 2.51. The number of hydrogen-bond donors (Lipinski definition) is 1. The van der Waals surface area contributed by atoms with Gasteiger partial charge in [0.1, 0.15) is 5.75 Å². The molecule has 88 valence electrons. The maximum Gasteiger partial charge on any atom is 0.128 e. The Bertz CT molecular complexity index is 360. The maximum absolute atomic E-state index is 10.2. The van der Waals surface area contributed by atoms with E-state index < -0.39 is 0 Å². The van der Waals surface area contributed by atoms with Crippen LogP contribution in [-0.2, 0) is 6.42 Å². The average Bonchev–Trinajstić information content (AvgIpc) is 2.76. The predicted octanol–water partition coefficient (Wildman–Crippen LogP) is 3.09. The van der Waals surface area contributed by atoms with E-state index >= 15 is 0 Å². The van der Waals surface area contributed by atoms with Crippen molar-refractivity contribution in [2.24, 2.45) is 5.92 Å². The molecule has 2 rings (SSSR count). The molecule has 1 aliphatic heterocycles. The fourth-order valence-electron chi connectivity index (χ4n) is 2.18. The Kier molecular flexibility index (Phi) is 3.49. The lowest BCUT2D eigenvalue weighted by Crippen LogP contribution is -2.05. The first-order valence-corrected chi connectivity index (χ1v) is 6.15. The van der Waals surface area contributed by atoms with Crippen molar-refractivity contribution in [2.45, 2.75) is 39.2 Å². The normalized spacial score (nSPS) is 17.7. The zero-order valence-corrected chi connectivity index (χ0v) is 10.1. The van der Waals surface area contributed by atoms with Crippen LogP contribution in [0.3, 0.4) is 0 Å². The zero-order valence-electron chi connectivity index (χ0n) is 10.1. The van der Waals surface area contributed by atoms with E-state index in [4.69, 9.17) is 4.74 Å². The number of ether oxygens (including phenoxy) is 1. The summed E-state index contributed by atoms with van der Waals surface area (Å²) < 4.78 is 5.61. The van der Waals surface area contributed by atoms with E-state index in [1.807, 2.05) is 12.1 Å². The Morgan fingerprint density at radius 1 is 1.44 bits per heavy atom. The fourth-order valence-corrected chi connectivity index (χ4v) is 2.18. The summed E-state index contributed by atoms with van der Waals surface area (Å²) >= 11 is 0. The number of para-hydroxylation sites is 1. The molecule has 0 saturated carbocycles. The van der Waals surface area contributed by atoms with Gasteiger partial charge in [-0.05, 0) is 17.9 Å². The largest absolute Gasteiger partial charge is 0.493 e. The molecular formula is C14H20O2. The summed E-state index contributed by atoms with van der Waals surface area (Å²) in [6.45, 7) is 5.08. The minimum atomic E-state index is -0.386. The fraction of sp³-hybridized carbons (Fsp3) is 0.571. The number of rotatable bonds is 4. The van der Waals surface area contributed by atoms with Crippen LogP contribution in [0.15, 0.2) is 18.2 Å². The van der Waals surface area contributed by atoms with Crippen LogP contribution in [0.2, 0.25) is 0 Å². The molecule has 0 aliphatic carbocycles. The van der Waals surface area contributed by atoms with E-state index in [-0.39, 0.29) is 6.10 Å². The van der Waals surface area contributed by atoms with Gasteiger partial charge >= 0.3 is 0 Å². The van der Waals surface area contributed by atoms with E-state index in [0.29, 0.717) is 5.92 Å². The number of fused-ring (bicyclic) bond motifs is 1. The molecule has 0 spiro atoms. The van der Waals surface area contributed by atoms with E-state index in [2.05, 4.69) is 19.9 Å². The second-order valence-electron chi connectivity index (χ2n) is 4.70. The van der Waals surface area contributed by atoms with Crippen LogP contribution in [0.4, 0.5) is 0 Å². The van der Waals surface area contributed by atoms with Crippen molar-refractivity contribution in [1.82, 2.24) is 0 Å². The Balaban J connectivity index is 2.17. The molecule has 0 aromatic heterocycles. The molecule has 1 heterocycles. The zero-order chi connectivity index (χ0) is 11.5. The minimum Gasteiger partial charge on any atom is -0.493 e. The van der Waals surface area contributed by atoms with Crippen LogP contribution in [-0.4, -0.2) is 11.7 Å². The van der Waals surface area contributed by atoms with Crippen molar-refractivity contribution in [3.8, 4) is 5.75 Å². The lowest BCUT2D eigenvalue weighted by molar-refractivity contribution is 0.142. The molecule has 0 saturated heterocycles. The smallest absolute Gasteiger partial charge is 0.128 e. The summed E-state index contributed by atoms with van der Waals surface area (Å²) in [5.74, 6) is 1.48. The van der Waals surface area contributed by atoms with Gasteiger partial charge in [-0.1, -0.05) is 38.5 Å². The molecule has 1 aromatic carbocycles. The molecule has 2 nitrogen and oxygen atoms in total. The van der Waals surface area contributed by atoms with E-state index in [1.54, 1.807) is 0 Å². The second kappa shape index (κ2) is 4.88. The highest BCUT2D eigenvalue weighted by Crippen LogP contribution is 2.35. The number of hydrogen-bond acceptors (Lipinski definition) is 2. The van der Waals surface area contributed by atoms with Crippen molar-refractivity contribution in [3.63, 3.8) is 0 Å². The predicted molar refractivity (Wildman–Crippen MR) is 64.7 cm³/mol. The molecule has 0 amide bonds. The molecule has 2 unspecified atom stereocenters. The van der Waals surface area contributed by atoms with Crippen LogP contribution < -0.4 is 4.74 Å². The van der Waals surface area contributed by atoms with Crippen molar-refractivity contribution < 1.29 is 9.84 Å². The van der Waals surface area contributed by atoms with Gasteiger partial charge in [-0.25, -0.2) is 0 Å². The topological polar surface area (TPSA) is 29.5 Å². The van der Waals surface area contributed by atoms with Crippen LogP contribution >= 0.6 is 0 Å². The van der Waals surface area contributed by atoms with E-state index in [0.717, 1.165) is 37.2 Å². The third-order valence-electron chi connectivity index (χ3n) is 3.43. The monoisotopic (exact) mass is 220 g/mol. The van der Waals surface area contributed by atoms with Gasteiger partial charge in [0.15, 0.2) is 0 Å². The van der Waals surface area contributed by atoms with Gasteiger partial charge in [0.2, 0.25) is 0 Å². The van der Waals surface area contributed by atoms with Gasteiger partial charge in [0.25, 0.3) is 0 Å². The van der Waals surface area contributed by atoms with Crippen molar-refractivity contribution in [2.75, 3.05) is 6.61 Å². The summed E-state index contributed by atoms with van der Waals surface area (Å²) in [6, 6.07) is 6.09. The molecular weight excluding hydrogens is 200 g/mol. The molecule has 1 aromatic rings. The highest BCUT2D eigenvalue weighted by atomic mass is 16.5. The molecule has 0 bridgehead atoms. The molecule has 2 atom stereocenters. The minimum absolute atomic E-state index is 0.386. The lowest BCUT2D eigenvalue weighted by Gasteiger charge is -2.17. The third kappa shape index (κ3) is 2.22. The second-order valence-corrected chi connectivity index (χ2v) is 4.70. The molecule has 0 fully saturated rings. The SMILES string of the molecule is CCC(C)CC(O)c1cccc2c1OCC2. The number of aliphatic hydroxyl groups excluding tert-OH is 1. The van der Waals surface area contributed by atoms with Crippen LogP contribution in [0.25, 0.3) is 0 Å². The van der Waals surface area contributed by atoms with Gasteiger partial charge in [-0.3, -0.25) is 0 Å². The Morgan fingerprint density at radius 2 is 2.25 bits per heavy atom. The molecule has 0 radical (unpaired) electrons. The van der Waals surface area contributed by atoms with Gasteiger partial charge in [-0.15, -0.1) is 0 Å². The first-order valence-electron chi connectivity index (χ1n) is 6.15. The number of aliphatic hydroxyl groups is 1. The van der Waals surface area contributed by atoms with Gasteiger partial charge in [0, 0.05) is 12.0 Å². The van der Waals surface area contributed by atoms with Gasteiger partial charge < -0.3 is 9.84 Å². The highest BCUT2D eigenvalue weighted by Gasteiger charge is 2.21. The molecule has 16 heavy (non-hydrogen) atoms. The first kappa shape index (κ1) is 11.5. The quantitative estimate of drug-likeness (QED) is 0.845. The average molecular weight is 220 g/mol. The highest BCUT2D eigenvalue weighted by molar-refractivity contribution is 5.45. The van der Waals surface area contributed by atoms with Gasteiger partial charge in [-0.2, -0.15) is 0 Å². The Hall–Kier alpha value is -1.02. The Labute approximate surface area is 97.3 Å². The summed E-state index contributed by atoms with van der Waals surface area (Å²) in [5.41, 5.74) is 2.20. The van der Waals surface area contributed by atoms with Crippen molar-refractivity contribution in [3.05, 3.63) is 29.3 Å². The maximum atomic E-state index is 10.2. The third-order valence-corrected chi connectivity index (χ3v) is 3.43. The molecule has 1 aliphatic rings. The van der Waals surface area contributed by atoms with Crippen LogP contribution in [0, 0.1) is 5.92 Å². The Morgan fingerprint density at radius 3 is 3.00 bits per heavy atom.